The Kier molecular flexibility index (Phi) is 6.50. The van der Waals surface area contributed by atoms with Crippen molar-refractivity contribution in [3.8, 4) is 6.07 Å². The highest BCUT2D eigenvalue weighted by molar-refractivity contribution is 7.99. The van der Waals surface area contributed by atoms with E-state index in [-0.39, 0.29) is 11.5 Å². The molecule has 156 valence electrons. The number of aromatic nitrogens is 4. The SMILES string of the molecule is Cc1csc(C(C#N)C(=O)CSc2nnc(N3CCCCC3)n2Cc2ccco2)n1. The zero-order valence-electron chi connectivity index (χ0n) is 16.7. The number of furan rings is 1. The molecule has 1 fully saturated rings. The molecule has 0 aromatic carbocycles. The Hall–Kier alpha value is -2.64. The third-order valence-electron chi connectivity index (χ3n) is 4.91. The summed E-state index contributed by atoms with van der Waals surface area (Å²) in [5.41, 5.74) is 0.820. The molecule has 4 heterocycles. The fraction of sp³-hybridized carbons (Fsp3) is 0.450. The second-order valence-corrected chi connectivity index (χ2v) is 8.97. The summed E-state index contributed by atoms with van der Waals surface area (Å²) in [7, 11) is 0. The quantitative estimate of drug-likeness (QED) is 0.487. The highest BCUT2D eigenvalue weighted by atomic mass is 32.2. The Balaban J connectivity index is 1.52. The highest BCUT2D eigenvalue weighted by Crippen LogP contribution is 2.28. The molecule has 0 radical (unpaired) electrons. The van der Waals surface area contributed by atoms with E-state index < -0.39 is 5.92 Å². The molecule has 0 saturated carbocycles. The van der Waals surface area contributed by atoms with Crippen molar-refractivity contribution in [2.24, 2.45) is 0 Å². The van der Waals surface area contributed by atoms with Gasteiger partial charge in [-0.05, 0) is 38.3 Å². The van der Waals surface area contributed by atoms with E-state index in [1.165, 1.54) is 29.5 Å². The number of hydrogen-bond donors (Lipinski definition) is 0. The van der Waals surface area contributed by atoms with Gasteiger partial charge < -0.3 is 9.32 Å². The van der Waals surface area contributed by atoms with Crippen LogP contribution in [0.5, 0.6) is 0 Å². The second kappa shape index (κ2) is 9.45. The van der Waals surface area contributed by atoms with Crippen LogP contribution in [0.3, 0.4) is 0 Å². The van der Waals surface area contributed by atoms with E-state index in [1.54, 1.807) is 6.26 Å². The van der Waals surface area contributed by atoms with Crippen LogP contribution in [0, 0.1) is 18.3 Å². The van der Waals surface area contributed by atoms with Crippen LogP contribution in [0.1, 0.15) is 41.6 Å². The lowest BCUT2D eigenvalue weighted by atomic mass is 10.1. The first-order valence-corrected chi connectivity index (χ1v) is 11.7. The van der Waals surface area contributed by atoms with Crippen molar-refractivity contribution in [1.29, 1.82) is 5.26 Å². The molecule has 1 aliphatic rings. The largest absolute Gasteiger partial charge is 0.467 e. The summed E-state index contributed by atoms with van der Waals surface area (Å²) in [5.74, 6) is 0.707. The normalized spacial score (nSPS) is 15.1. The summed E-state index contributed by atoms with van der Waals surface area (Å²) in [5, 5.41) is 21.3. The van der Waals surface area contributed by atoms with Gasteiger partial charge in [0.05, 0.1) is 24.6 Å². The first-order chi connectivity index (χ1) is 14.7. The molecular formula is C20H22N6O2S2. The lowest BCUT2D eigenvalue weighted by molar-refractivity contribution is -0.116. The smallest absolute Gasteiger partial charge is 0.228 e. The van der Waals surface area contributed by atoms with E-state index in [0.29, 0.717) is 16.7 Å². The summed E-state index contributed by atoms with van der Waals surface area (Å²) >= 11 is 2.65. The van der Waals surface area contributed by atoms with Gasteiger partial charge in [-0.1, -0.05) is 11.8 Å². The molecule has 0 amide bonds. The van der Waals surface area contributed by atoms with Crippen molar-refractivity contribution in [1.82, 2.24) is 19.7 Å². The van der Waals surface area contributed by atoms with Gasteiger partial charge in [0.1, 0.15) is 10.8 Å². The number of piperidine rings is 1. The Morgan fingerprint density at radius 3 is 2.87 bits per heavy atom. The summed E-state index contributed by atoms with van der Waals surface area (Å²) in [6.45, 7) is 4.24. The Bertz CT molecular complexity index is 1030. The molecule has 8 nitrogen and oxygen atoms in total. The maximum atomic E-state index is 12.7. The molecule has 0 aliphatic carbocycles. The van der Waals surface area contributed by atoms with Gasteiger partial charge in [0.15, 0.2) is 16.9 Å². The maximum absolute atomic E-state index is 12.7. The number of hydrogen-bond acceptors (Lipinski definition) is 9. The fourth-order valence-electron chi connectivity index (χ4n) is 3.40. The first-order valence-electron chi connectivity index (χ1n) is 9.83. The van der Waals surface area contributed by atoms with E-state index in [0.717, 1.165) is 43.3 Å². The zero-order chi connectivity index (χ0) is 20.9. The van der Waals surface area contributed by atoms with Crippen molar-refractivity contribution in [3.05, 3.63) is 40.2 Å². The van der Waals surface area contributed by atoms with Gasteiger partial charge in [-0.15, -0.1) is 21.5 Å². The lowest BCUT2D eigenvalue weighted by Gasteiger charge is -2.27. The first kappa shape index (κ1) is 20.6. The summed E-state index contributed by atoms with van der Waals surface area (Å²) in [6.07, 6.45) is 5.13. The lowest BCUT2D eigenvalue weighted by Crippen LogP contribution is -2.32. The molecule has 1 saturated heterocycles. The van der Waals surface area contributed by atoms with Crippen molar-refractivity contribution >= 4 is 34.8 Å². The Labute approximate surface area is 182 Å². The van der Waals surface area contributed by atoms with E-state index in [9.17, 15) is 10.1 Å². The summed E-state index contributed by atoms with van der Waals surface area (Å²) < 4.78 is 7.52. The number of rotatable bonds is 8. The molecule has 0 bridgehead atoms. The van der Waals surface area contributed by atoms with Gasteiger partial charge in [-0.25, -0.2) is 4.98 Å². The summed E-state index contributed by atoms with van der Waals surface area (Å²) in [6, 6.07) is 5.86. The van der Waals surface area contributed by atoms with E-state index in [2.05, 4.69) is 26.2 Å². The standard InChI is InChI=1S/C20H22N6O2S2/c1-14-12-29-18(22-14)16(10-21)17(27)13-30-20-24-23-19(25-7-3-2-4-8-25)26(20)11-15-6-5-9-28-15/h5-6,9,12,16H,2-4,7-8,11,13H2,1H3. The maximum Gasteiger partial charge on any atom is 0.228 e. The minimum absolute atomic E-state index is 0.132. The van der Waals surface area contributed by atoms with Gasteiger partial charge in [-0.3, -0.25) is 9.36 Å². The number of ketones is 1. The van der Waals surface area contributed by atoms with Crippen molar-refractivity contribution < 1.29 is 9.21 Å². The van der Waals surface area contributed by atoms with Gasteiger partial charge in [0, 0.05) is 24.2 Å². The molecule has 0 N–H and O–H groups in total. The highest BCUT2D eigenvalue weighted by Gasteiger charge is 2.26. The van der Waals surface area contributed by atoms with Gasteiger partial charge >= 0.3 is 0 Å². The minimum Gasteiger partial charge on any atom is -0.467 e. The Morgan fingerprint density at radius 2 is 2.20 bits per heavy atom. The molecule has 3 aromatic heterocycles. The van der Waals surface area contributed by atoms with Crippen LogP contribution in [-0.2, 0) is 11.3 Å². The van der Waals surface area contributed by atoms with Crippen LogP contribution in [0.25, 0.3) is 0 Å². The van der Waals surface area contributed by atoms with Crippen LogP contribution in [-0.4, -0.2) is 44.4 Å². The predicted molar refractivity (Wildman–Crippen MR) is 115 cm³/mol. The zero-order valence-corrected chi connectivity index (χ0v) is 18.3. The number of aryl methyl sites for hydroxylation is 1. The molecule has 0 spiro atoms. The van der Waals surface area contributed by atoms with Crippen molar-refractivity contribution in [2.45, 2.75) is 43.8 Å². The monoisotopic (exact) mass is 442 g/mol. The predicted octanol–water partition coefficient (Wildman–Crippen LogP) is 3.64. The van der Waals surface area contributed by atoms with E-state index in [1.807, 2.05) is 29.0 Å². The van der Waals surface area contributed by atoms with Crippen LogP contribution in [0.15, 0.2) is 33.3 Å². The van der Waals surface area contributed by atoms with Crippen LogP contribution in [0.4, 0.5) is 5.95 Å². The second-order valence-electron chi connectivity index (χ2n) is 7.14. The number of carbonyl (C=O) groups excluding carboxylic acids is 1. The molecule has 1 atom stereocenters. The molecule has 3 aromatic rings. The van der Waals surface area contributed by atoms with Gasteiger partial charge in [-0.2, -0.15) is 5.26 Å². The number of thioether (sulfide) groups is 1. The number of anilines is 1. The topological polar surface area (TPSA) is 101 Å². The van der Waals surface area contributed by atoms with Gasteiger partial charge in [0.25, 0.3) is 0 Å². The molecular weight excluding hydrogens is 420 g/mol. The minimum atomic E-state index is -0.848. The van der Waals surface area contributed by atoms with E-state index in [4.69, 9.17) is 4.42 Å². The molecule has 1 aliphatic heterocycles. The molecule has 30 heavy (non-hydrogen) atoms. The number of Topliss-reactive ketones (excluding diaryl/α,β-unsaturated/α-hetero) is 1. The van der Waals surface area contributed by atoms with E-state index >= 15 is 0 Å². The van der Waals surface area contributed by atoms with Crippen LogP contribution < -0.4 is 4.90 Å². The fourth-order valence-corrected chi connectivity index (χ4v) is 5.10. The Morgan fingerprint density at radius 1 is 1.37 bits per heavy atom. The molecule has 4 rings (SSSR count). The van der Waals surface area contributed by atoms with Crippen LogP contribution in [0.2, 0.25) is 0 Å². The number of carbonyl (C=O) groups is 1. The average molecular weight is 443 g/mol. The van der Waals surface area contributed by atoms with Gasteiger partial charge in [0.2, 0.25) is 5.95 Å². The number of nitriles is 1. The third-order valence-corrected chi connectivity index (χ3v) is 6.93. The summed E-state index contributed by atoms with van der Waals surface area (Å²) in [4.78, 5) is 19.3. The third kappa shape index (κ3) is 4.57. The van der Waals surface area contributed by atoms with Crippen molar-refractivity contribution in [2.75, 3.05) is 23.7 Å². The molecule has 10 heteroatoms. The van der Waals surface area contributed by atoms with Crippen LogP contribution >= 0.6 is 23.1 Å². The van der Waals surface area contributed by atoms with Crippen molar-refractivity contribution in [3.63, 3.8) is 0 Å². The molecule has 1 unspecified atom stereocenters. The average Bonchev–Trinajstić information content (AvgIpc) is 3.50. The number of nitrogens with zero attached hydrogens (tertiary/aromatic N) is 6. The number of thiazole rings is 1.